The fourth-order valence-electron chi connectivity index (χ4n) is 2.51. The SMILES string of the molecule is COOCc1[nH]c(Cc2ccccc2)nc1-c1ccc(C)cc1. The van der Waals surface area contributed by atoms with Gasteiger partial charge in [-0.2, -0.15) is 0 Å². The number of nitrogens with zero attached hydrogens (tertiary/aromatic N) is 1. The van der Waals surface area contributed by atoms with Crippen molar-refractivity contribution in [2.24, 2.45) is 0 Å². The van der Waals surface area contributed by atoms with Crippen molar-refractivity contribution in [3.05, 3.63) is 77.2 Å². The van der Waals surface area contributed by atoms with E-state index in [-0.39, 0.29) is 0 Å². The Morgan fingerprint density at radius 1 is 1.00 bits per heavy atom. The Morgan fingerprint density at radius 3 is 2.43 bits per heavy atom. The van der Waals surface area contributed by atoms with Crippen molar-refractivity contribution < 1.29 is 9.78 Å². The molecule has 0 saturated heterocycles. The average Bonchev–Trinajstić information content (AvgIpc) is 2.97. The van der Waals surface area contributed by atoms with E-state index >= 15 is 0 Å². The summed E-state index contributed by atoms with van der Waals surface area (Å²) in [6, 6.07) is 18.6. The predicted octanol–water partition coefficient (Wildman–Crippen LogP) is 4.05. The van der Waals surface area contributed by atoms with Crippen molar-refractivity contribution >= 4 is 0 Å². The minimum absolute atomic E-state index is 0.335. The van der Waals surface area contributed by atoms with Gasteiger partial charge in [0.2, 0.25) is 0 Å². The van der Waals surface area contributed by atoms with Crippen LogP contribution in [0.15, 0.2) is 54.6 Å². The highest BCUT2D eigenvalue weighted by atomic mass is 17.2. The second kappa shape index (κ2) is 7.22. The van der Waals surface area contributed by atoms with E-state index < -0.39 is 0 Å². The van der Waals surface area contributed by atoms with E-state index in [1.54, 1.807) is 0 Å². The van der Waals surface area contributed by atoms with Gasteiger partial charge in [0.05, 0.1) is 18.5 Å². The van der Waals surface area contributed by atoms with Crippen molar-refractivity contribution in [3.63, 3.8) is 0 Å². The first-order valence-corrected chi connectivity index (χ1v) is 7.60. The van der Waals surface area contributed by atoms with Gasteiger partial charge < -0.3 is 4.98 Å². The standard InChI is InChI=1S/C19H20N2O2/c1-14-8-10-16(11-9-14)19-17(13-23-22-2)20-18(21-19)12-15-6-4-3-5-7-15/h3-11H,12-13H2,1-2H3,(H,20,21). The van der Waals surface area contributed by atoms with Crippen LogP contribution in [0.4, 0.5) is 0 Å². The van der Waals surface area contributed by atoms with Gasteiger partial charge in [-0.1, -0.05) is 60.2 Å². The Kier molecular flexibility index (Phi) is 4.86. The van der Waals surface area contributed by atoms with Crippen molar-refractivity contribution in [1.29, 1.82) is 0 Å². The highest BCUT2D eigenvalue weighted by molar-refractivity contribution is 5.62. The Morgan fingerprint density at radius 2 is 1.74 bits per heavy atom. The van der Waals surface area contributed by atoms with Gasteiger partial charge in [-0.25, -0.2) is 14.8 Å². The lowest BCUT2D eigenvalue weighted by Gasteiger charge is -2.02. The van der Waals surface area contributed by atoms with Gasteiger partial charge in [0.15, 0.2) is 0 Å². The van der Waals surface area contributed by atoms with E-state index in [9.17, 15) is 0 Å². The summed E-state index contributed by atoms with van der Waals surface area (Å²) in [7, 11) is 1.51. The maximum Gasteiger partial charge on any atom is 0.124 e. The first-order valence-electron chi connectivity index (χ1n) is 7.60. The van der Waals surface area contributed by atoms with Crippen LogP contribution in [0.1, 0.15) is 22.6 Å². The molecule has 3 aromatic rings. The third-order valence-electron chi connectivity index (χ3n) is 3.69. The third-order valence-corrected chi connectivity index (χ3v) is 3.69. The second-order valence-electron chi connectivity index (χ2n) is 5.47. The van der Waals surface area contributed by atoms with Gasteiger partial charge in [0.25, 0.3) is 0 Å². The zero-order valence-electron chi connectivity index (χ0n) is 13.4. The Balaban J connectivity index is 1.91. The molecule has 0 aliphatic carbocycles. The van der Waals surface area contributed by atoms with Crippen LogP contribution >= 0.6 is 0 Å². The summed E-state index contributed by atoms with van der Waals surface area (Å²) >= 11 is 0. The molecule has 0 aliphatic rings. The number of rotatable bonds is 6. The molecule has 0 fully saturated rings. The third kappa shape index (κ3) is 3.86. The molecule has 1 heterocycles. The fourth-order valence-corrected chi connectivity index (χ4v) is 2.51. The molecule has 4 nitrogen and oxygen atoms in total. The van der Waals surface area contributed by atoms with Crippen LogP contribution in [-0.2, 0) is 22.8 Å². The van der Waals surface area contributed by atoms with Crippen molar-refractivity contribution in [3.8, 4) is 11.3 Å². The monoisotopic (exact) mass is 308 g/mol. The Hall–Kier alpha value is -2.43. The maximum atomic E-state index is 5.10. The number of aromatic amines is 1. The number of hydrogen-bond acceptors (Lipinski definition) is 3. The average molecular weight is 308 g/mol. The summed E-state index contributed by atoms with van der Waals surface area (Å²) in [5.41, 5.74) is 5.34. The molecule has 0 spiro atoms. The number of imidazole rings is 1. The van der Waals surface area contributed by atoms with Crippen molar-refractivity contribution in [2.45, 2.75) is 20.0 Å². The molecule has 4 heteroatoms. The first kappa shape index (κ1) is 15.5. The largest absolute Gasteiger partial charge is 0.343 e. The normalized spacial score (nSPS) is 10.9. The minimum Gasteiger partial charge on any atom is -0.343 e. The number of H-pyrrole nitrogens is 1. The lowest BCUT2D eigenvalue weighted by atomic mass is 10.1. The van der Waals surface area contributed by atoms with E-state index in [2.05, 4.69) is 48.3 Å². The summed E-state index contributed by atoms with van der Waals surface area (Å²) < 4.78 is 0. The Bertz CT molecular complexity index is 749. The molecule has 0 bridgehead atoms. The smallest absolute Gasteiger partial charge is 0.124 e. The molecule has 0 radical (unpaired) electrons. The molecule has 0 atom stereocenters. The quantitative estimate of drug-likeness (QED) is 0.552. The van der Waals surface area contributed by atoms with Gasteiger partial charge in [0.1, 0.15) is 12.4 Å². The van der Waals surface area contributed by atoms with Gasteiger partial charge in [-0.3, -0.25) is 0 Å². The number of aryl methyl sites for hydroxylation is 1. The van der Waals surface area contributed by atoms with Gasteiger partial charge in [0, 0.05) is 12.0 Å². The van der Waals surface area contributed by atoms with Crippen LogP contribution < -0.4 is 0 Å². The van der Waals surface area contributed by atoms with Crippen LogP contribution in [0.5, 0.6) is 0 Å². The van der Waals surface area contributed by atoms with E-state index in [1.807, 2.05) is 18.2 Å². The van der Waals surface area contributed by atoms with Crippen molar-refractivity contribution in [2.75, 3.05) is 7.11 Å². The highest BCUT2D eigenvalue weighted by Gasteiger charge is 2.13. The highest BCUT2D eigenvalue weighted by Crippen LogP contribution is 2.24. The van der Waals surface area contributed by atoms with E-state index in [0.717, 1.165) is 29.2 Å². The summed E-state index contributed by atoms with van der Waals surface area (Å²) in [5, 5.41) is 0. The number of nitrogens with one attached hydrogen (secondary N) is 1. The molecule has 0 saturated carbocycles. The maximum absolute atomic E-state index is 5.10. The zero-order chi connectivity index (χ0) is 16.1. The molecule has 1 aromatic heterocycles. The minimum atomic E-state index is 0.335. The number of benzene rings is 2. The Labute approximate surface area is 136 Å². The van der Waals surface area contributed by atoms with E-state index in [0.29, 0.717) is 6.61 Å². The zero-order valence-corrected chi connectivity index (χ0v) is 13.4. The fraction of sp³-hybridized carbons (Fsp3) is 0.211. The summed E-state index contributed by atoms with van der Waals surface area (Å²) in [5.74, 6) is 0.918. The molecule has 23 heavy (non-hydrogen) atoms. The van der Waals surface area contributed by atoms with Crippen LogP contribution in [0.25, 0.3) is 11.3 Å². The van der Waals surface area contributed by atoms with Crippen LogP contribution in [0, 0.1) is 6.92 Å². The van der Waals surface area contributed by atoms with Crippen LogP contribution in [0.3, 0.4) is 0 Å². The predicted molar refractivity (Wildman–Crippen MR) is 89.8 cm³/mol. The summed E-state index contributed by atoms with van der Waals surface area (Å²) in [4.78, 5) is 18.0. The van der Waals surface area contributed by atoms with Crippen molar-refractivity contribution in [1.82, 2.24) is 9.97 Å². The molecule has 0 unspecified atom stereocenters. The van der Waals surface area contributed by atoms with Crippen LogP contribution in [0.2, 0.25) is 0 Å². The molecule has 118 valence electrons. The summed E-state index contributed by atoms with van der Waals surface area (Å²) in [6.07, 6.45) is 0.757. The van der Waals surface area contributed by atoms with Gasteiger partial charge in [-0.15, -0.1) is 0 Å². The second-order valence-corrected chi connectivity index (χ2v) is 5.47. The van der Waals surface area contributed by atoms with E-state index in [1.165, 1.54) is 18.2 Å². The van der Waals surface area contributed by atoms with Gasteiger partial charge >= 0.3 is 0 Å². The lowest BCUT2D eigenvalue weighted by molar-refractivity contribution is -0.282. The first-order chi connectivity index (χ1) is 11.3. The van der Waals surface area contributed by atoms with Crippen LogP contribution in [-0.4, -0.2) is 17.1 Å². The van der Waals surface area contributed by atoms with Gasteiger partial charge in [-0.05, 0) is 12.5 Å². The molecule has 0 aliphatic heterocycles. The molecule has 0 amide bonds. The molecule has 2 aromatic carbocycles. The number of hydrogen-bond donors (Lipinski definition) is 1. The molecule has 1 N–H and O–H groups in total. The molecular formula is C19H20N2O2. The molecular weight excluding hydrogens is 288 g/mol. The lowest BCUT2D eigenvalue weighted by Crippen LogP contribution is -1.95. The van der Waals surface area contributed by atoms with E-state index in [4.69, 9.17) is 14.8 Å². The number of aromatic nitrogens is 2. The topological polar surface area (TPSA) is 47.1 Å². The summed E-state index contributed by atoms with van der Waals surface area (Å²) in [6.45, 7) is 2.41. The molecule has 3 rings (SSSR count).